The maximum atomic E-state index is 11.6. The van der Waals surface area contributed by atoms with Gasteiger partial charge in [0.1, 0.15) is 5.69 Å². The van der Waals surface area contributed by atoms with Crippen LogP contribution in [0.5, 0.6) is 0 Å². The summed E-state index contributed by atoms with van der Waals surface area (Å²) in [6.07, 6.45) is 2.07. The largest absolute Gasteiger partial charge is 0.375 e. The first kappa shape index (κ1) is 16.2. The van der Waals surface area contributed by atoms with E-state index in [0.717, 1.165) is 32.5 Å². The van der Waals surface area contributed by atoms with Crippen molar-refractivity contribution in [3.63, 3.8) is 0 Å². The van der Waals surface area contributed by atoms with Gasteiger partial charge in [0.2, 0.25) is 0 Å². The fraction of sp³-hybridized carbons (Fsp3) is 0.533. The van der Waals surface area contributed by atoms with Crippen LogP contribution in [0.25, 0.3) is 0 Å². The Kier molecular flexibility index (Phi) is 5.32. The van der Waals surface area contributed by atoms with Crippen LogP contribution >= 0.6 is 0 Å². The van der Waals surface area contributed by atoms with Crippen LogP contribution in [0.3, 0.4) is 0 Å². The number of nitro groups is 1. The summed E-state index contributed by atoms with van der Waals surface area (Å²) in [5.74, 6) is -0.329. The maximum absolute atomic E-state index is 11.6. The van der Waals surface area contributed by atoms with Crippen LogP contribution in [-0.4, -0.2) is 48.5 Å². The molecule has 1 aromatic carbocycles. The topological polar surface area (TPSA) is 87.5 Å². The minimum atomic E-state index is -0.449. The van der Waals surface area contributed by atoms with E-state index in [0.29, 0.717) is 11.3 Å². The highest BCUT2D eigenvalue weighted by Gasteiger charge is 2.23. The lowest BCUT2D eigenvalue weighted by atomic mass is 10.0. The van der Waals surface area contributed by atoms with E-state index in [-0.39, 0.29) is 17.6 Å². The molecule has 2 rings (SSSR count). The third-order valence-corrected chi connectivity index (χ3v) is 4.00. The number of hydrogen-bond acceptors (Lipinski definition) is 5. The lowest BCUT2D eigenvalue weighted by Gasteiger charge is -2.32. The van der Waals surface area contributed by atoms with Gasteiger partial charge < -0.3 is 15.5 Å². The predicted octanol–water partition coefficient (Wildman–Crippen LogP) is 1.85. The summed E-state index contributed by atoms with van der Waals surface area (Å²) in [6.45, 7) is 5.05. The van der Waals surface area contributed by atoms with Crippen LogP contribution < -0.4 is 10.6 Å². The summed E-state index contributed by atoms with van der Waals surface area (Å²) in [7, 11) is 1.50. The van der Waals surface area contributed by atoms with E-state index in [4.69, 9.17) is 0 Å². The molecule has 22 heavy (non-hydrogen) atoms. The zero-order valence-corrected chi connectivity index (χ0v) is 13.0. The monoisotopic (exact) mass is 306 g/mol. The number of nitrogens with one attached hydrogen (secondary N) is 2. The van der Waals surface area contributed by atoms with Gasteiger partial charge in [0, 0.05) is 31.3 Å². The number of piperidine rings is 1. The Morgan fingerprint density at radius 1 is 1.50 bits per heavy atom. The first-order valence-corrected chi connectivity index (χ1v) is 7.54. The number of amides is 1. The molecule has 0 bridgehead atoms. The van der Waals surface area contributed by atoms with Crippen LogP contribution in [0.15, 0.2) is 18.2 Å². The van der Waals surface area contributed by atoms with Crippen molar-refractivity contribution in [1.29, 1.82) is 0 Å². The molecule has 0 unspecified atom stereocenters. The summed E-state index contributed by atoms with van der Waals surface area (Å²) >= 11 is 0. The molecule has 7 heteroatoms. The predicted molar refractivity (Wildman–Crippen MR) is 85.2 cm³/mol. The van der Waals surface area contributed by atoms with Crippen molar-refractivity contribution in [2.24, 2.45) is 0 Å². The molecule has 0 aliphatic carbocycles. The molecule has 1 amide bonds. The fourth-order valence-electron chi connectivity index (χ4n) is 2.77. The van der Waals surface area contributed by atoms with E-state index in [1.165, 1.54) is 13.1 Å². The standard InChI is InChI=1S/C15H22N4O3/c1-3-18-8-4-5-12(10-18)17-13-7-6-11(15(20)16-2)9-14(13)19(21)22/h6-7,9,12,17H,3-5,8,10H2,1-2H3,(H,16,20)/t12-/m1/s1. The number of carbonyl (C=O) groups is 1. The average Bonchev–Trinajstić information content (AvgIpc) is 2.54. The van der Waals surface area contributed by atoms with Crippen molar-refractivity contribution in [2.45, 2.75) is 25.8 Å². The molecule has 0 saturated carbocycles. The first-order chi connectivity index (χ1) is 10.5. The van der Waals surface area contributed by atoms with E-state index in [9.17, 15) is 14.9 Å². The highest BCUT2D eigenvalue weighted by molar-refractivity contribution is 5.95. The van der Waals surface area contributed by atoms with Gasteiger partial charge >= 0.3 is 0 Å². The van der Waals surface area contributed by atoms with Crippen molar-refractivity contribution >= 4 is 17.3 Å². The second-order valence-corrected chi connectivity index (χ2v) is 5.44. The van der Waals surface area contributed by atoms with Gasteiger partial charge in [-0.3, -0.25) is 14.9 Å². The molecule has 1 saturated heterocycles. The Labute approximate surface area is 129 Å². The third kappa shape index (κ3) is 3.73. The Hall–Kier alpha value is -2.15. The highest BCUT2D eigenvalue weighted by atomic mass is 16.6. The Balaban J connectivity index is 2.19. The molecule has 1 atom stereocenters. The number of hydrogen-bond donors (Lipinski definition) is 2. The number of likely N-dealkylation sites (N-methyl/N-ethyl adjacent to an activating group) is 1. The summed E-state index contributed by atoms with van der Waals surface area (Å²) in [6, 6.07) is 4.74. The van der Waals surface area contributed by atoms with Crippen molar-refractivity contribution in [3.05, 3.63) is 33.9 Å². The number of nitro benzene ring substituents is 1. The van der Waals surface area contributed by atoms with Gasteiger partial charge in [-0.1, -0.05) is 6.92 Å². The molecule has 1 heterocycles. The summed E-state index contributed by atoms with van der Waals surface area (Å²) in [5, 5.41) is 17.0. The third-order valence-electron chi connectivity index (χ3n) is 4.00. The van der Waals surface area contributed by atoms with E-state index >= 15 is 0 Å². The number of anilines is 1. The van der Waals surface area contributed by atoms with E-state index in [1.807, 2.05) is 0 Å². The van der Waals surface area contributed by atoms with Gasteiger partial charge in [-0.25, -0.2) is 0 Å². The molecule has 7 nitrogen and oxygen atoms in total. The van der Waals surface area contributed by atoms with Crippen LogP contribution in [-0.2, 0) is 0 Å². The number of rotatable bonds is 5. The summed E-state index contributed by atoms with van der Waals surface area (Å²) in [4.78, 5) is 24.8. The smallest absolute Gasteiger partial charge is 0.293 e. The van der Waals surface area contributed by atoms with Crippen LogP contribution in [0.2, 0.25) is 0 Å². The van der Waals surface area contributed by atoms with Crippen molar-refractivity contribution in [3.8, 4) is 0 Å². The van der Waals surface area contributed by atoms with Crippen LogP contribution in [0.1, 0.15) is 30.1 Å². The van der Waals surface area contributed by atoms with Crippen molar-refractivity contribution < 1.29 is 9.72 Å². The molecule has 0 radical (unpaired) electrons. The van der Waals surface area contributed by atoms with Crippen LogP contribution in [0.4, 0.5) is 11.4 Å². The number of likely N-dealkylation sites (tertiary alicyclic amines) is 1. The van der Waals surface area contributed by atoms with Gasteiger partial charge in [0.05, 0.1) is 4.92 Å². The number of nitrogens with zero attached hydrogens (tertiary/aromatic N) is 2. The minimum absolute atomic E-state index is 0.0604. The van der Waals surface area contributed by atoms with Gasteiger partial charge in [-0.05, 0) is 38.1 Å². The van der Waals surface area contributed by atoms with Gasteiger partial charge in [0.25, 0.3) is 11.6 Å². The highest BCUT2D eigenvalue weighted by Crippen LogP contribution is 2.27. The lowest BCUT2D eigenvalue weighted by Crippen LogP contribution is -2.41. The normalized spacial score (nSPS) is 18.7. The number of carbonyl (C=O) groups excluding carboxylic acids is 1. The quantitative estimate of drug-likeness (QED) is 0.640. The molecule has 2 N–H and O–H groups in total. The SMILES string of the molecule is CCN1CCC[C@@H](Nc2ccc(C(=O)NC)cc2[N+](=O)[O-])C1. The van der Waals surface area contributed by atoms with Crippen LogP contribution in [0, 0.1) is 10.1 Å². The zero-order valence-electron chi connectivity index (χ0n) is 13.0. The summed E-state index contributed by atoms with van der Waals surface area (Å²) < 4.78 is 0. The fourth-order valence-corrected chi connectivity index (χ4v) is 2.77. The van der Waals surface area contributed by atoms with Crippen molar-refractivity contribution in [2.75, 3.05) is 32.0 Å². The maximum Gasteiger partial charge on any atom is 0.293 e. The van der Waals surface area contributed by atoms with Gasteiger partial charge in [0.15, 0.2) is 0 Å². The molecule has 1 aliphatic rings. The van der Waals surface area contributed by atoms with E-state index < -0.39 is 4.92 Å². The second kappa shape index (κ2) is 7.22. The Morgan fingerprint density at radius 3 is 2.91 bits per heavy atom. The Bertz CT molecular complexity index is 562. The Morgan fingerprint density at radius 2 is 2.27 bits per heavy atom. The molecule has 0 spiro atoms. The molecular formula is C15H22N4O3. The molecule has 120 valence electrons. The molecule has 1 fully saturated rings. The first-order valence-electron chi connectivity index (χ1n) is 7.54. The van der Waals surface area contributed by atoms with Gasteiger partial charge in [-0.2, -0.15) is 0 Å². The average molecular weight is 306 g/mol. The molecule has 1 aromatic rings. The summed E-state index contributed by atoms with van der Waals surface area (Å²) in [5.41, 5.74) is 0.703. The minimum Gasteiger partial charge on any atom is -0.375 e. The molecular weight excluding hydrogens is 284 g/mol. The molecule has 1 aliphatic heterocycles. The van der Waals surface area contributed by atoms with E-state index in [1.54, 1.807) is 12.1 Å². The van der Waals surface area contributed by atoms with Gasteiger partial charge in [-0.15, -0.1) is 0 Å². The number of benzene rings is 1. The van der Waals surface area contributed by atoms with Crippen molar-refractivity contribution in [1.82, 2.24) is 10.2 Å². The molecule has 0 aromatic heterocycles. The lowest BCUT2D eigenvalue weighted by molar-refractivity contribution is -0.384. The second-order valence-electron chi connectivity index (χ2n) is 5.44. The zero-order chi connectivity index (χ0) is 16.1. The van der Waals surface area contributed by atoms with E-state index in [2.05, 4.69) is 22.5 Å².